The van der Waals surface area contributed by atoms with E-state index in [0.29, 0.717) is 12.2 Å². The van der Waals surface area contributed by atoms with Crippen molar-refractivity contribution in [2.24, 2.45) is 5.92 Å². The Morgan fingerprint density at radius 3 is 2.36 bits per heavy atom. The minimum Gasteiger partial charge on any atom is -0.491 e. The molecule has 1 aromatic rings. The van der Waals surface area contributed by atoms with Crippen molar-refractivity contribution in [2.45, 2.75) is 71.1 Å². The van der Waals surface area contributed by atoms with Gasteiger partial charge in [-0.15, -0.1) is 0 Å². The molecule has 0 aromatic heterocycles. The predicted molar refractivity (Wildman–Crippen MR) is 86.4 cm³/mol. The average molecular weight is 310 g/mol. The largest absolute Gasteiger partial charge is 0.491 e. The molecule has 0 heterocycles. The first-order valence-corrected chi connectivity index (χ1v) is 8.78. The second-order valence-electron chi connectivity index (χ2n) is 6.43. The normalized spacial score (nSPS) is 21.8. The molecule has 0 N–H and O–H groups in total. The third-order valence-electron chi connectivity index (χ3n) is 4.88. The third-order valence-corrected chi connectivity index (χ3v) is 4.88. The van der Waals surface area contributed by atoms with Crippen LogP contribution in [-0.4, -0.2) is 6.61 Å². The molecular weight excluding hydrogens is 282 g/mol. The molecule has 1 aliphatic carbocycles. The summed E-state index contributed by atoms with van der Waals surface area (Å²) in [5.74, 6) is -0.576. The van der Waals surface area contributed by atoms with Gasteiger partial charge in [0.25, 0.3) is 0 Å². The van der Waals surface area contributed by atoms with Crippen molar-refractivity contribution < 1.29 is 13.5 Å². The van der Waals surface area contributed by atoms with Crippen molar-refractivity contribution in [1.29, 1.82) is 0 Å². The highest BCUT2D eigenvalue weighted by molar-refractivity contribution is 5.33. The fourth-order valence-electron chi connectivity index (χ4n) is 3.57. The summed E-state index contributed by atoms with van der Waals surface area (Å²) in [7, 11) is 0. The zero-order valence-corrected chi connectivity index (χ0v) is 13.8. The van der Waals surface area contributed by atoms with Crippen LogP contribution in [0.5, 0.6) is 5.75 Å². The van der Waals surface area contributed by atoms with Crippen LogP contribution in [0.1, 0.15) is 76.7 Å². The van der Waals surface area contributed by atoms with E-state index in [1.807, 2.05) is 0 Å². The summed E-state index contributed by atoms with van der Waals surface area (Å²) in [5, 5.41) is 0. The molecular formula is C19H28F2O. The minimum absolute atomic E-state index is 0.0250. The van der Waals surface area contributed by atoms with Gasteiger partial charge in [-0.3, -0.25) is 0 Å². The van der Waals surface area contributed by atoms with Gasteiger partial charge in [0, 0.05) is 0 Å². The molecule has 1 aliphatic rings. The Bertz CT molecular complexity index is 465. The second kappa shape index (κ2) is 8.50. The van der Waals surface area contributed by atoms with Crippen LogP contribution in [0.4, 0.5) is 8.78 Å². The number of halogens is 2. The molecule has 0 atom stereocenters. The maximum atomic E-state index is 14.3. The molecule has 0 saturated heterocycles. The van der Waals surface area contributed by atoms with Crippen molar-refractivity contribution in [3.63, 3.8) is 0 Å². The van der Waals surface area contributed by atoms with Crippen molar-refractivity contribution in [3.05, 3.63) is 29.3 Å². The molecule has 22 heavy (non-hydrogen) atoms. The maximum absolute atomic E-state index is 14.3. The van der Waals surface area contributed by atoms with Crippen LogP contribution in [0.25, 0.3) is 0 Å². The van der Waals surface area contributed by atoms with Crippen molar-refractivity contribution in [2.75, 3.05) is 6.61 Å². The Hall–Kier alpha value is -1.12. The Kier molecular flexibility index (Phi) is 6.66. The van der Waals surface area contributed by atoms with Gasteiger partial charge in [0.05, 0.1) is 6.61 Å². The van der Waals surface area contributed by atoms with E-state index in [4.69, 9.17) is 4.74 Å². The highest BCUT2D eigenvalue weighted by atomic mass is 19.2. The summed E-state index contributed by atoms with van der Waals surface area (Å²) in [5.41, 5.74) is 0.535. The fraction of sp³-hybridized carbons (Fsp3) is 0.684. The second-order valence-corrected chi connectivity index (χ2v) is 6.43. The van der Waals surface area contributed by atoms with Crippen LogP contribution in [0.3, 0.4) is 0 Å². The van der Waals surface area contributed by atoms with Gasteiger partial charge < -0.3 is 4.74 Å². The topological polar surface area (TPSA) is 9.23 Å². The monoisotopic (exact) mass is 310 g/mol. The summed E-state index contributed by atoms with van der Waals surface area (Å²) < 4.78 is 33.4. The van der Waals surface area contributed by atoms with E-state index in [2.05, 4.69) is 6.92 Å². The van der Waals surface area contributed by atoms with Crippen LogP contribution < -0.4 is 4.74 Å². The molecule has 1 saturated carbocycles. The molecule has 1 aromatic carbocycles. The number of hydrogen-bond acceptors (Lipinski definition) is 1. The summed E-state index contributed by atoms with van der Waals surface area (Å²) in [6.07, 6.45) is 9.39. The summed E-state index contributed by atoms with van der Waals surface area (Å²) >= 11 is 0. The average Bonchev–Trinajstić information content (AvgIpc) is 2.53. The molecule has 0 spiro atoms. The summed E-state index contributed by atoms with van der Waals surface area (Å²) in [6, 6.07) is 3.29. The smallest absolute Gasteiger partial charge is 0.200 e. The molecule has 0 amide bonds. The van der Waals surface area contributed by atoms with Crippen molar-refractivity contribution in [3.8, 4) is 5.75 Å². The Morgan fingerprint density at radius 2 is 1.73 bits per heavy atom. The molecule has 2 rings (SSSR count). The van der Waals surface area contributed by atoms with Gasteiger partial charge >= 0.3 is 0 Å². The molecule has 1 nitrogen and oxygen atoms in total. The molecule has 0 bridgehead atoms. The first-order valence-electron chi connectivity index (χ1n) is 8.78. The van der Waals surface area contributed by atoms with Gasteiger partial charge in [0.2, 0.25) is 5.82 Å². The van der Waals surface area contributed by atoms with E-state index in [0.717, 1.165) is 31.6 Å². The number of hydrogen-bond donors (Lipinski definition) is 0. The standard InChI is InChI=1S/C19H28F2O/c1-3-5-6-7-14-8-10-15(11-9-14)16-12-13-17(22-4-2)19(21)18(16)20/h12-15H,3-11H2,1-2H3/t14-,15-. The van der Waals surface area contributed by atoms with E-state index < -0.39 is 11.6 Å². The van der Waals surface area contributed by atoms with E-state index >= 15 is 0 Å². The lowest BCUT2D eigenvalue weighted by Gasteiger charge is -2.29. The van der Waals surface area contributed by atoms with E-state index in [-0.39, 0.29) is 11.7 Å². The molecule has 3 heteroatoms. The number of benzene rings is 1. The van der Waals surface area contributed by atoms with Gasteiger partial charge in [-0.1, -0.05) is 38.7 Å². The van der Waals surface area contributed by atoms with Crippen LogP contribution in [-0.2, 0) is 0 Å². The first-order chi connectivity index (χ1) is 10.7. The van der Waals surface area contributed by atoms with Crippen molar-refractivity contribution in [1.82, 2.24) is 0 Å². The van der Waals surface area contributed by atoms with Crippen LogP contribution in [0.2, 0.25) is 0 Å². The van der Waals surface area contributed by atoms with Gasteiger partial charge in [0.1, 0.15) is 0 Å². The zero-order valence-electron chi connectivity index (χ0n) is 13.8. The van der Waals surface area contributed by atoms with E-state index in [1.54, 1.807) is 19.1 Å². The lowest BCUT2D eigenvalue weighted by Crippen LogP contribution is -2.15. The van der Waals surface area contributed by atoms with Crippen LogP contribution in [0, 0.1) is 17.6 Å². The predicted octanol–water partition coefficient (Wildman–Crippen LogP) is 6.22. The van der Waals surface area contributed by atoms with Crippen LogP contribution in [0.15, 0.2) is 12.1 Å². The lowest BCUT2D eigenvalue weighted by atomic mass is 9.77. The molecule has 1 fully saturated rings. The zero-order chi connectivity index (χ0) is 15.9. The molecule has 0 aliphatic heterocycles. The number of rotatable bonds is 7. The van der Waals surface area contributed by atoms with Gasteiger partial charge in [-0.2, -0.15) is 4.39 Å². The van der Waals surface area contributed by atoms with E-state index in [1.165, 1.54) is 25.7 Å². The SMILES string of the molecule is CCCCC[C@H]1CC[C@H](c2ccc(OCC)c(F)c2F)CC1. The Labute approximate surface area is 133 Å². The summed E-state index contributed by atoms with van der Waals surface area (Å²) in [6.45, 7) is 4.34. The number of unbranched alkanes of at least 4 members (excludes halogenated alkanes) is 2. The quantitative estimate of drug-likeness (QED) is 0.543. The third kappa shape index (κ3) is 4.21. The highest BCUT2D eigenvalue weighted by Gasteiger charge is 2.26. The summed E-state index contributed by atoms with van der Waals surface area (Å²) in [4.78, 5) is 0. The highest BCUT2D eigenvalue weighted by Crippen LogP contribution is 2.40. The molecule has 0 unspecified atom stereocenters. The number of ether oxygens (including phenoxy) is 1. The minimum atomic E-state index is -0.829. The van der Waals surface area contributed by atoms with Gasteiger partial charge in [-0.05, 0) is 56.1 Å². The first kappa shape index (κ1) is 17.2. The van der Waals surface area contributed by atoms with Crippen LogP contribution >= 0.6 is 0 Å². The van der Waals surface area contributed by atoms with Gasteiger partial charge in [0.15, 0.2) is 11.6 Å². The Morgan fingerprint density at radius 1 is 1.00 bits per heavy atom. The lowest BCUT2D eigenvalue weighted by molar-refractivity contribution is 0.292. The van der Waals surface area contributed by atoms with Crippen molar-refractivity contribution >= 4 is 0 Å². The fourth-order valence-corrected chi connectivity index (χ4v) is 3.57. The Balaban J connectivity index is 1.95. The molecule has 124 valence electrons. The van der Waals surface area contributed by atoms with Gasteiger partial charge in [-0.25, -0.2) is 4.39 Å². The maximum Gasteiger partial charge on any atom is 0.200 e. The molecule has 0 radical (unpaired) electrons. The van der Waals surface area contributed by atoms with E-state index in [9.17, 15) is 8.78 Å².